The number of nitrogens with zero attached hydrogens (tertiary/aromatic N) is 2. The minimum Gasteiger partial charge on any atom is -0.497 e. The lowest BCUT2D eigenvalue weighted by Crippen LogP contribution is -2.20. The third-order valence-electron chi connectivity index (χ3n) is 3.10. The van der Waals surface area contributed by atoms with Crippen LogP contribution in [0.25, 0.3) is 0 Å². The van der Waals surface area contributed by atoms with Crippen LogP contribution >= 0.6 is 0 Å². The van der Waals surface area contributed by atoms with Crippen molar-refractivity contribution in [3.05, 3.63) is 48.0 Å². The number of methoxy groups -OCH3 is 1. The van der Waals surface area contributed by atoms with Crippen molar-refractivity contribution < 1.29 is 4.74 Å². The molecule has 18 heavy (non-hydrogen) atoms. The summed E-state index contributed by atoms with van der Waals surface area (Å²) >= 11 is 0. The van der Waals surface area contributed by atoms with Gasteiger partial charge < -0.3 is 14.6 Å². The number of aromatic nitrogens is 2. The van der Waals surface area contributed by atoms with E-state index >= 15 is 0 Å². The summed E-state index contributed by atoms with van der Waals surface area (Å²) in [6.07, 6.45) is 3.77. The highest BCUT2D eigenvalue weighted by molar-refractivity contribution is 5.28. The molecular weight excluding hydrogens is 226 g/mol. The van der Waals surface area contributed by atoms with E-state index < -0.39 is 0 Å². The minimum atomic E-state index is 0.285. The van der Waals surface area contributed by atoms with Crippen molar-refractivity contribution in [1.29, 1.82) is 0 Å². The number of hydrogen-bond donors (Lipinski definition) is 1. The van der Waals surface area contributed by atoms with Gasteiger partial charge in [-0.3, -0.25) is 0 Å². The maximum atomic E-state index is 5.15. The van der Waals surface area contributed by atoms with Crippen LogP contribution in [0.15, 0.2) is 36.7 Å². The van der Waals surface area contributed by atoms with Gasteiger partial charge in [-0.2, -0.15) is 0 Å². The van der Waals surface area contributed by atoms with Crippen molar-refractivity contribution in [2.75, 3.05) is 7.11 Å². The fourth-order valence-electron chi connectivity index (χ4n) is 1.82. The maximum Gasteiger partial charge on any atom is 0.122 e. The van der Waals surface area contributed by atoms with Crippen LogP contribution in [0.5, 0.6) is 5.75 Å². The standard InChI is InChI=1S/C14H19N3O/c1-11(12-4-6-13(18-3)7-5-12)16-10-14-15-8-9-17(14)2/h4-9,11,16H,10H2,1-3H3/t11-/m0/s1. The van der Waals surface area contributed by atoms with Gasteiger partial charge in [-0.15, -0.1) is 0 Å². The summed E-state index contributed by atoms with van der Waals surface area (Å²) in [7, 11) is 3.68. The Bertz CT molecular complexity index is 490. The zero-order valence-corrected chi connectivity index (χ0v) is 11.1. The number of benzene rings is 1. The molecule has 0 aliphatic heterocycles. The lowest BCUT2D eigenvalue weighted by atomic mass is 10.1. The molecule has 0 bridgehead atoms. The van der Waals surface area contributed by atoms with Crippen LogP contribution in [-0.4, -0.2) is 16.7 Å². The molecule has 4 heteroatoms. The van der Waals surface area contributed by atoms with Gasteiger partial charge in [0.2, 0.25) is 0 Å². The van der Waals surface area contributed by atoms with Crippen LogP contribution in [-0.2, 0) is 13.6 Å². The molecule has 1 aromatic carbocycles. The summed E-state index contributed by atoms with van der Waals surface area (Å²) in [5.41, 5.74) is 1.24. The van der Waals surface area contributed by atoms with Gasteiger partial charge in [0.25, 0.3) is 0 Å². The second kappa shape index (κ2) is 5.69. The van der Waals surface area contributed by atoms with Crippen molar-refractivity contribution in [2.24, 2.45) is 7.05 Å². The summed E-state index contributed by atoms with van der Waals surface area (Å²) in [6.45, 7) is 2.90. The first-order valence-corrected chi connectivity index (χ1v) is 6.04. The molecule has 0 saturated heterocycles. The van der Waals surface area contributed by atoms with E-state index in [-0.39, 0.29) is 6.04 Å². The molecule has 2 aromatic rings. The number of aryl methyl sites for hydroxylation is 1. The predicted octanol–water partition coefficient (Wildman–Crippen LogP) is 2.28. The topological polar surface area (TPSA) is 39.1 Å². The second-order valence-electron chi connectivity index (χ2n) is 4.33. The van der Waals surface area contributed by atoms with Crippen LogP contribution in [0, 0.1) is 0 Å². The quantitative estimate of drug-likeness (QED) is 0.878. The van der Waals surface area contributed by atoms with Crippen LogP contribution in [0.3, 0.4) is 0 Å². The molecule has 0 fully saturated rings. The van der Waals surface area contributed by atoms with E-state index in [2.05, 4.69) is 29.4 Å². The minimum absolute atomic E-state index is 0.285. The SMILES string of the molecule is COc1ccc([C@H](C)NCc2nccn2C)cc1. The fourth-order valence-corrected chi connectivity index (χ4v) is 1.82. The molecule has 0 unspecified atom stereocenters. The number of hydrogen-bond acceptors (Lipinski definition) is 3. The van der Waals surface area contributed by atoms with E-state index in [0.29, 0.717) is 0 Å². The summed E-state index contributed by atoms with van der Waals surface area (Å²) in [4.78, 5) is 4.29. The number of nitrogens with one attached hydrogen (secondary N) is 1. The molecule has 1 N–H and O–H groups in total. The maximum absolute atomic E-state index is 5.15. The van der Waals surface area contributed by atoms with Gasteiger partial charge in [0, 0.05) is 25.5 Å². The highest BCUT2D eigenvalue weighted by Gasteiger charge is 2.06. The normalized spacial score (nSPS) is 12.4. The van der Waals surface area contributed by atoms with Crippen molar-refractivity contribution in [3.63, 3.8) is 0 Å². The molecule has 4 nitrogen and oxygen atoms in total. The van der Waals surface area contributed by atoms with Gasteiger partial charge in [-0.1, -0.05) is 12.1 Å². The molecule has 96 valence electrons. The average molecular weight is 245 g/mol. The molecule has 1 aromatic heterocycles. The Balaban J connectivity index is 1.94. The van der Waals surface area contributed by atoms with Gasteiger partial charge in [0.15, 0.2) is 0 Å². The Labute approximate surface area is 108 Å². The number of rotatable bonds is 5. The summed E-state index contributed by atoms with van der Waals surface area (Å²) in [5.74, 6) is 1.92. The molecule has 1 heterocycles. The molecule has 0 radical (unpaired) electrons. The summed E-state index contributed by atoms with van der Waals surface area (Å²) in [5, 5.41) is 3.46. The van der Waals surface area contributed by atoms with Gasteiger partial charge in [0.1, 0.15) is 11.6 Å². The first-order chi connectivity index (χ1) is 8.70. The van der Waals surface area contributed by atoms with Gasteiger partial charge >= 0.3 is 0 Å². The van der Waals surface area contributed by atoms with Crippen LogP contribution in [0.1, 0.15) is 24.4 Å². The second-order valence-corrected chi connectivity index (χ2v) is 4.33. The number of ether oxygens (including phenoxy) is 1. The van der Waals surface area contributed by atoms with E-state index in [4.69, 9.17) is 4.74 Å². The van der Waals surface area contributed by atoms with E-state index in [1.165, 1.54) is 5.56 Å². The van der Waals surface area contributed by atoms with Crippen LogP contribution < -0.4 is 10.1 Å². The van der Waals surface area contributed by atoms with Crippen molar-refractivity contribution in [1.82, 2.24) is 14.9 Å². The van der Waals surface area contributed by atoms with E-state index in [0.717, 1.165) is 18.1 Å². The Morgan fingerprint density at radius 2 is 2.06 bits per heavy atom. The number of imidazole rings is 1. The molecule has 0 spiro atoms. The van der Waals surface area contributed by atoms with Gasteiger partial charge in [0.05, 0.1) is 13.7 Å². The third kappa shape index (κ3) is 2.90. The summed E-state index contributed by atoms with van der Waals surface area (Å²) < 4.78 is 7.17. The van der Waals surface area contributed by atoms with E-state index in [9.17, 15) is 0 Å². The first-order valence-electron chi connectivity index (χ1n) is 6.04. The molecule has 0 aliphatic carbocycles. The summed E-state index contributed by atoms with van der Waals surface area (Å²) in [6, 6.07) is 8.40. The van der Waals surface area contributed by atoms with E-state index in [1.54, 1.807) is 7.11 Å². The van der Waals surface area contributed by atoms with Crippen LogP contribution in [0.4, 0.5) is 0 Å². The van der Waals surface area contributed by atoms with Gasteiger partial charge in [-0.05, 0) is 24.6 Å². The Morgan fingerprint density at radius 3 is 2.61 bits per heavy atom. The molecule has 2 rings (SSSR count). The molecular formula is C14H19N3O. The highest BCUT2D eigenvalue weighted by atomic mass is 16.5. The smallest absolute Gasteiger partial charge is 0.122 e. The monoisotopic (exact) mass is 245 g/mol. The van der Waals surface area contributed by atoms with Crippen LogP contribution in [0.2, 0.25) is 0 Å². The predicted molar refractivity (Wildman–Crippen MR) is 71.5 cm³/mol. The third-order valence-corrected chi connectivity index (χ3v) is 3.10. The lowest BCUT2D eigenvalue weighted by Gasteiger charge is -2.14. The van der Waals surface area contributed by atoms with Crippen molar-refractivity contribution in [2.45, 2.75) is 19.5 Å². The molecule has 0 aliphatic rings. The Kier molecular flexibility index (Phi) is 3.99. The van der Waals surface area contributed by atoms with Crippen molar-refractivity contribution >= 4 is 0 Å². The fraction of sp³-hybridized carbons (Fsp3) is 0.357. The Hall–Kier alpha value is -1.81. The van der Waals surface area contributed by atoms with Gasteiger partial charge in [-0.25, -0.2) is 4.98 Å². The largest absolute Gasteiger partial charge is 0.497 e. The van der Waals surface area contributed by atoms with E-state index in [1.807, 2.05) is 36.1 Å². The molecule has 0 saturated carbocycles. The zero-order chi connectivity index (χ0) is 13.0. The molecule has 1 atom stereocenters. The Morgan fingerprint density at radius 1 is 1.33 bits per heavy atom. The molecule has 0 amide bonds. The lowest BCUT2D eigenvalue weighted by molar-refractivity contribution is 0.414. The van der Waals surface area contributed by atoms with Crippen molar-refractivity contribution in [3.8, 4) is 5.75 Å². The first kappa shape index (κ1) is 12.6. The highest BCUT2D eigenvalue weighted by Crippen LogP contribution is 2.17. The zero-order valence-electron chi connectivity index (χ0n) is 11.1. The average Bonchev–Trinajstić information content (AvgIpc) is 2.81.